The molecule has 0 bridgehead atoms. The minimum atomic E-state index is 0.0161. The van der Waals surface area contributed by atoms with Crippen molar-refractivity contribution in [3.63, 3.8) is 0 Å². The van der Waals surface area contributed by atoms with E-state index in [0.29, 0.717) is 36.3 Å². The molecular weight excluding hydrogens is 388 g/mol. The monoisotopic (exact) mass is 416 g/mol. The lowest BCUT2D eigenvalue weighted by Gasteiger charge is -2.34. The number of morpholine rings is 1. The van der Waals surface area contributed by atoms with Gasteiger partial charge in [0, 0.05) is 24.4 Å². The van der Waals surface area contributed by atoms with Crippen LogP contribution < -0.4 is 11.3 Å². The summed E-state index contributed by atoms with van der Waals surface area (Å²) in [5, 5.41) is 17.5. The normalized spacial score (nSPS) is 23.3. The zero-order valence-corrected chi connectivity index (χ0v) is 17.5. The summed E-state index contributed by atoms with van der Waals surface area (Å²) in [5.41, 5.74) is 11.1. The van der Waals surface area contributed by atoms with E-state index in [1.807, 2.05) is 5.01 Å². The number of aliphatic imine (C=N–C) groups is 1. The van der Waals surface area contributed by atoms with Crippen molar-refractivity contribution in [3.8, 4) is 0 Å². The Hall–Kier alpha value is -2.30. The fraction of sp³-hybridized carbons (Fsp3) is 0.579. The van der Waals surface area contributed by atoms with Gasteiger partial charge in [0.05, 0.1) is 37.2 Å². The third-order valence-electron chi connectivity index (χ3n) is 5.27. The van der Waals surface area contributed by atoms with Gasteiger partial charge in [0.1, 0.15) is 10.8 Å². The molecule has 2 fully saturated rings. The molecule has 1 saturated carbocycles. The molecule has 0 radical (unpaired) electrons. The van der Waals surface area contributed by atoms with Crippen molar-refractivity contribution in [3.05, 3.63) is 28.4 Å². The molecule has 1 aliphatic carbocycles. The number of amidine groups is 2. The highest BCUT2D eigenvalue weighted by Gasteiger charge is 2.30. The number of hydrazine groups is 1. The number of rotatable bonds is 7. The molecule has 1 aromatic rings. The highest BCUT2D eigenvalue weighted by atomic mass is 32.1. The number of nitrogens with two attached hydrogens (primary N) is 1. The Bertz CT molecular complexity index is 843. The summed E-state index contributed by atoms with van der Waals surface area (Å²) in [6.07, 6.45) is 3.09. The van der Waals surface area contributed by atoms with Crippen molar-refractivity contribution in [1.29, 1.82) is 5.41 Å². The first kappa shape index (κ1) is 20.0. The van der Waals surface area contributed by atoms with E-state index in [1.54, 1.807) is 11.3 Å². The van der Waals surface area contributed by atoms with Gasteiger partial charge in [0.15, 0.2) is 11.5 Å². The fourth-order valence-electron chi connectivity index (χ4n) is 3.37. The molecule has 1 unspecified atom stereocenters. The Morgan fingerprint density at radius 3 is 3.07 bits per heavy atom. The first-order chi connectivity index (χ1) is 14.0. The Morgan fingerprint density at radius 2 is 2.34 bits per heavy atom. The lowest BCUT2D eigenvalue weighted by atomic mass is 10.2. The van der Waals surface area contributed by atoms with Gasteiger partial charge in [0.2, 0.25) is 0 Å². The number of thiazole rings is 1. The zero-order chi connectivity index (χ0) is 20.4. The van der Waals surface area contributed by atoms with E-state index in [9.17, 15) is 0 Å². The van der Waals surface area contributed by atoms with Crippen LogP contribution in [0.1, 0.15) is 30.5 Å². The minimum absolute atomic E-state index is 0.0161. The van der Waals surface area contributed by atoms with Gasteiger partial charge in [-0.2, -0.15) is 5.10 Å². The van der Waals surface area contributed by atoms with Crippen molar-refractivity contribution < 1.29 is 4.74 Å². The number of nitrogens with zero attached hydrogens (tertiary/aromatic N) is 5. The van der Waals surface area contributed by atoms with Crippen LogP contribution in [0.4, 0.5) is 0 Å². The lowest BCUT2D eigenvalue weighted by molar-refractivity contribution is -0.0455. The molecule has 4 N–H and O–H groups in total. The lowest BCUT2D eigenvalue weighted by Crippen LogP contribution is -2.48. The Kier molecular flexibility index (Phi) is 5.93. The van der Waals surface area contributed by atoms with Crippen molar-refractivity contribution in [2.24, 2.45) is 21.7 Å². The molecule has 2 aliphatic heterocycles. The van der Waals surface area contributed by atoms with Gasteiger partial charge >= 0.3 is 0 Å². The maximum Gasteiger partial charge on any atom is 0.176 e. The molecule has 1 atom stereocenters. The number of hydrogen-bond acceptors (Lipinski definition) is 8. The molecule has 29 heavy (non-hydrogen) atoms. The quantitative estimate of drug-likeness (QED) is 0.456. The minimum Gasteiger partial charge on any atom is -0.387 e. The standard InChI is InChI=1S/C19H28N8OS/c1-3-14-11-29-16(22-14)10-26-6-7-28-15(8-26)9-27-12(2)17(24-25-27)19(21)23-18(20)13-4-5-13/h11,13,15,25H,2-10H2,1H3,(H3,20,21,23). The Labute approximate surface area is 174 Å². The molecule has 3 aliphatic rings. The Morgan fingerprint density at radius 1 is 1.52 bits per heavy atom. The third kappa shape index (κ3) is 4.82. The fourth-order valence-corrected chi connectivity index (χ4v) is 4.29. The summed E-state index contributed by atoms with van der Waals surface area (Å²) in [4.78, 5) is 11.2. The summed E-state index contributed by atoms with van der Waals surface area (Å²) in [7, 11) is 0. The average molecular weight is 417 g/mol. The first-order valence-corrected chi connectivity index (χ1v) is 10.9. The van der Waals surface area contributed by atoms with E-state index in [1.165, 1.54) is 0 Å². The molecule has 0 aromatic carbocycles. The van der Waals surface area contributed by atoms with Crippen molar-refractivity contribution in [2.75, 3.05) is 26.2 Å². The van der Waals surface area contributed by atoms with Gasteiger partial charge < -0.3 is 10.5 Å². The molecule has 0 amide bonds. The number of aromatic nitrogens is 1. The summed E-state index contributed by atoms with van der Waals surface area (Å²) in [6.45, 7) is 10.0. The molecule has 156 valence electrons. The number of nitrogens with one attached hydrogen (secondary N) is 2. The summed E-state index contributed by atoms with van der Waals surface area (Å²) in [5.74, 6) is 0.891. The van der Waals surface area contributed by atoms with Crippen LogP contribution >= 0.6 is 11.3 Å². The predicted molar refractivity (Wildman–Crippen MR) is 115 cm³/mol. The predicted octanol–water partition coefficient (Wildman–Crippen LogP) is 1.34. The second kappa shape index (κ2) is 8.60. The molecule has 3 heterocycles. The highest BCUT2D eigenvalue weighted by Crippen LogP contribution is 2.29. The van der Waals surface area contributed by atoms with Crippen LogP contribution in [0.15, 0.2) is 27.7 Å². The van der Waals surface area contributed by atoms with Crippen LogP contribution in [0.2, 0.25) is 0 Å². The van der Waals surface area contributed by atoms with Gasteiger partial charge in [-0.25, -0.2) is 15.5 Å². The Balaban J connectivity index is 1.29. The van der Waals surface area contributed by atoms with Crippen LogP contribution in [-0.2, 0) is 17.7 Å². The van der Waals surface area contributed by atoms with Crippen molar-refractivity contribution in [1.82, 2.24) is 20.4 Å². The van der Waals surface area contributed by atoms with Gasteiger partial charge in [-0.1, -0.05) is 13.5 Å². The van der Waals surface area contributed by atoms with E-state index >= 15 is 0 Å². The maximum absolute atomic E-state index is 8.18. The van der Waals surface area contributed by atoms with Gasteiger partial charge in [-0.05, 0) is 19.3 Å². The van der Waals surface area contributed by atoms with Crippen LogP contribution in [0.5, 0.6) is 0 Å². The number of aryl methyl sites for hydroxylation is 1. The highest BCUT2D eigenvalue weighted by molar-refractivity contribution is 7.09. The van der Waals surface area contributed by atoms with E-state index in [0.717, 1.165) is 49.6 Å². The molecule has 4 rings (SSSR count). The van der Waals surface area contributed by atoms with E-state index in [4.69, 9.17) is 15.9 Å². The number of ether oxygens (including phenoxy) is 1. The van der Waals surface area contributed by atoms with Crippen LogP contribution in [-0.4, -0.2) is 64.6 Å². The smallest absolute Gasteiger partial charge is 0.176 e. The maximum atomic E-state index is 8.18. The van der Waals surface area contributed by atoms with Crippen LogP contribution in [0.3, 0.4) is 0 Å². The van der Waals surface area contributed by atoms with E-state index < -0.39 is 0 Å². The van der Waals surface area contributed by atoms with Crippen molar-refractivity contribution in [2.45, 2.75) is 38.8 Å². The first-order valence-electron chi connectivity index (χ1n) is 10.0. The van der Waals surface area contributed by atoms with Crippen LogP contribution in [0, 0.1) is 11.3 Å². The van der Waals surface area contributed by atoms with Gasteiger partial charge in [-0.15, -0.1) is 11.3 Å². The SMILES string of the molecule is C=C1C(C(=N)N=C(N)C2CC2)=NNN1CC1CN(Cc2nc(CC)cs2)CCO1. The third-order valence-corrected chi connectivity index (χ3v) is 6.15. The zero-order valence-electron chi connectivity index (χ0n) is 16.7. The molecule has 1 aromatic heterocycles. The second-order valence-corrected chi connectivity index (χ2v) is 8.53. The summed E-state index contributed by atoms with van der Waals surface area (Å²) >= 11 is 1.72. The second-order valence-electron chi connectivity index (χ2n) is 7.59. The summed E-state index contributed by atoms with van der Waals surface area (Å²) < 4.78 is 5.95. The topological polar surface area (TPSA) is 115 Å². The molecule has 9 nitrogen and oxygen atoms in total. The van der Waals surface area contributed by atoms with E-state index in [-0.39, 0.29) is 11.9 Å². The average Bonchev–Trinajstić information content (AvgIpc) is 3.37. The van der Waals surface area contributed by atoms with Crippen LogP contribution in [0.25, 0.3) is 0 Å². The summed E-state index contributed by atoms with van der Waals surface area (Å²) in [6, 6.07) is 0. The number of hydrogen-bond donors (Lipinski definition) is 3. The van der Waals surface area contributed by atoms with Crippen molar-refractivity contribution >= 4 is 28.7 Å². The van der Waals surface area contributed by atoms with Gasteiger partial charge in [-0.3, -0.25) is 15.3 Å². The van der Waals surface area contributed by atoms with Gasteiger partial charge in [0.25, 0.3) is 0 Å². The largest absolute Gasteiger partial charge is 0.387 e. The molecule has 1 saturated heterocycles. The molecule has 0 spiro atoms. The van der Waals surface area contributed by atoms with E-state index in [2.05, 4.69) is 44.4 Å². The molecular formula is C19H28N8OS. The molecule has 10 heteroatoms. The number of hydrazone groups is 1.